The molecule has 1 aliphatic heterocycles. The molecule has 0 spiro atoms. The number of amides is 2. The van der Waals surface area contributed by atoms with Crippen LogP contribution in [0.2, 0.25) is 5.02 Å². The Balaban J connectivity index is 1.86. The average Bonchev–Trinajstić information content (AvgIpc) is 2.85. The van der Waals surface area contributed by atoms with E-state index in [-0.39, 0.29) is 0 Å². The number of hydrogen-bond acceptors (Lipinski definition) is 4. The number of nitrogens with one attached hydrogen (secondary N) is 1. The van der Waals surface area contributed by atoms with E-state index in [2.05, 4.69) is 5.32 Å². The second kappa shape index (κ2) is 7.44. The molecule has 1 aliphatic rings. The predicted molar refractivity (Wildman–Crippen MR) is 111 cm³/mol. The topological polar surface area (TPSA) is 55.8 Å². The van der Waals surface area contributed by atoms with Crippen molar-refractivity contribution in [1.82, 2.24) is 5.06 Å². The number of thiocarbonyl (C=S) groups is 1. The van der Waals surface area contributed by atoms with E-state index in [1.807, 2.05) is 44.2 Å². The number of rotatable bonds is 3. The Kier molecular flexibility index (Phi) is 5.43. The van der Waals surface area contributed by atoms with Crippen LogP contribution in [0.5, 0.6) is 0 Å². The van der Waals surface area contributed by atoms with Crippen LogP contribution in [0.15, 0.2) is 54.6 Å². The van der Waals surface area contributed by atoms with Crippen LogP contribution < -0.4 is 10.2 Å². The second-order valence-corrected chi connectivity index (χ2v) is 9.06. The van der Waals surface area contributed by atoms with Crippen molar-refractivity contribution in [2.45, 2.75) is 24.8 Å². The van der Waals surface area contributed by atoms with Gasteiger partial charge in [-0.3, -0.25) is 5.21 Å². The van der Waals surface area contributed by atoms with Gasteiger partial charge in [0, 0.05) is 16.4 Å². The van der Waals surface area contributed by atoms with Gasteiger partial charge in [-0.2, -0.15) is 5.06 Å². The van der Waals surface area contributed by atoms with Crippen molar-refractivity contribution in [3.63, 3.8) is 0 Å². The first-order valence-electron chi connectivity index (χ1n) is 7.91. The van der Waals surface area contributed by atoms with Gasteiger partial charge in [-0.25, -0.2) is 4.79 Å². The molecule has 1 unspecified atom stereocenters. The Morgan fingerprint density at radius 1 is 1.23 bits per heavy atom. The van der Waals surface area contributed by atoms with Crippen molar-refractivity contribution < 1.29 is 10.0 Å². The molecule has 1 fully saturated rings. The standard InChI is InChI=1S/C18H18ClN3O2S2/c1-18(2)15(21(17(25)26-18)14-6-4-3-5-7-14)22(24)16(23)20-13-10-8-12(19)9-11-13/h3-11,15,24H,1-2H3,(H,20,23). The van der Waals surface area contributed by atoms with Crippen molar-refractivity contribution in [3.8, 4) is 0 Å². The van der Waals surface area contributed by atoms with Crippen LogP contribution in [0, 0.1) is 0 Å². The lowest BCUT2D eigenvalue weighted by molar-refractivity contribution is -0.0762. The number of urea groups is 1. The smallest absolute Gasteiger partial charge is 0.306 e. The van der Waals surface area contributed by atoms with Crippen molar-refractivity contribution >= 4 is 57.3 Å². The molecule has 1 atom stereocenters. The zero-order valence-electron chi connectivity index (χ0n) is 14.2. The molecule has 0 bridgehead atoms. The maximum Gasteiger partial charge on any atom is 0.347 e. The number of benzene rings is 2. The summed E-state index contributed by atoms with van der Waals surface area (Å²) in [5, 5.41) is 14.6. The van der Waals surface area contributed by atoms with Crippen LogP contribution in [0.1, 0.15) is 13.8 Å². The van der Waals surface area contributed by atoms with E-state index in [0.717, 1.165) is 5.69 Å². The first-order chi connectivity index (χ1) is 12.3. The van der Waals surface area contributed by atoms with E-state index in [4.69, 9.17) is 23.8 Å². The third-order valence-electron chi connectivity index (χ3n) is 3.98. The van der Waals surface area contributed by atoms with Crippen LogP contribution in [0.3, 0.4) is 0 Å². The average molecular weight is 408 g/mol. The first-order valence-corrected chi connectivity index (χ1v) is 9.52. The Morgan fingerprint density at radius 3 is 2.46 bits per heavy atom. The summed E-state index contributed by atoms with van der Waals surface area (Å²) in [6, 6.07) is 15.5. The van der Waals surface area contributed by atoms with Crippen molar-refractivity contribution in [2.24, 2.45) is 0 Å². The summed E-state index contributed by atoms with van der Waals surface area (Å²) >= 11 is 12.8. The molecule has 0 aliphatic carbocycles. The maximum absolute atomic E-state index is 12.6. The Labute approximate surface area is 166 Å². The van der Waals surface area contributed by atoms with Gasteiger partial charge in [-0.1, -0.05) is 53.8 Å². The monoisotopic (exact) mass is 407 g/mol. The number of carbonyl (C=O) groups is 1. The molecule has 0 radical (unpaired) electrons. The van der Waals surface area contributed by atoms with Crippen molar-refractivity contribution in [1.29, 1.82) is 0 Å². The molecule has 0 saturated carbocycles. The zero-order chi connectivity index (χ0) is 18.9. The molecule has 1 heterocycles. The van der Waals surface area contributed by atoms with Crippen molar-refractivity contribution in [3.05, 3.63) is 59.6 Å². The van der Waals surface area contributed by atoms with Gasteiger partial charge < -0.3 is 10.2 Å². The zero-order valence-corrected chi connectivity index (χ0v) is 16.6. The molecule has 3 rings (SSSR count). The summed E-state index contributed by atoms with van der Waals surface area (Å²) in [5.74, 6) is 0. The molecular formula is C18H18ClN3O2S2. The summed E-state index contributed by atoms with van der Waals surface area (Å²) < 4.78 is 0.100. The molecule has 26 heavy (non-hydrogen) atoms. The minimum absolute atomic E-state index is 0.501. The number of hydrogen-bond donors (Lipinski definition) is 2. The molecule has 2 N–H and O–H groups in total. The first kappa shape index (κ1) is 19.0. The number of para-hydroxylation sites is 1. The lowest BCUT2D eigenvalue weighted by Crippen LogP contribution is -2.55. The highest BCUT2D eigenvalue weighted by Crippen LogP contribution is 2.44. The summed E-state index contributed by atoms with van der Waals surface area (Å²) in [6.07, 6.45) is -0.658. The number of thioether (sulfide) groups is 1. The van der Waals surface area contributed by atoms with Crippen molar-refractivity contribution in [2.75, 3.05) is 10.2 Å². The van der Waals surface area contributed by atoms with Gasteiger partial charge in [-0.15, -0.1) is 0 Å². The molecule has 2 aromatic carbocycles. The van der Waals surface area contributed by atoms with Crippen LogP contribution in [-0.2, 0) is 0 Å². The predicted octanol–water partition coefficient (Wildman–Crippen LogP) is 5.21. The Bertz CT molecular complexity index is 815. The van der Waals surface area contributed by atoms with Gasteiger partial charge >= 0.3 is 6.03 Å². The number of anilines is 2. The summed E-state index contributed by atoms with van der Waals surface area (Å²) in [7, 11) is 0. The quantitative estimate of drug-likeness (QED) is 0.415. The molecular weight excluding hydrogens is 390 g/mol. The summed E-state index contributed by atoms with van der Waals surface area (Å²) in [4.78, 5) is 14.4. The normalized spacial score (nSPS) is 18.7. The number of hydroxylamine groups is 2. The van der Waals surface area contributed by atoms with E-state index in [0.29, 0.717) is 20.1 Å². The Morgan fingerprint density at radius 2 is 1.85 bits per heavy atom. The number of carbonyl (C=O) groups excluding carboxylic acids is 1. The molecule has 8 heteroatoms. The minimum atomic E-state index is -0.658. The fraction of sp³-hybridized carbons (Fsp3) is 0.222. The van der Waals surface area contributed by atoms with Crippen LogP contribution in [0.25, 0.3) is 0 Å². The number of nitrogens with zero attached hydrogens (tertiary/aromatic N) is 2. The minimum Gasteiger partial charge on any atom is -0.306 e. The van der Waals surface area contributed by atoms with Crippen LogP contribution >= 0.6 is 35.6 Å². The molecule has 5 nitrogen and oxygen atoms in total. The van der Waals surface area contributed by atoms with Gasteiger partial charge in [0.05, 0.1) is 4.75 Å². The fourth-order valence-corrected chi connectivity index (χ4v) is 4.84. The summed E-state index contributed by atoms with van der Waals surface area (Å²) in [6.45, 7) is 3.88. The highest BCUT2D eigenvalue weighted by Gasteiger charge is 2.50. The van der Waals surface area contributed by atoms with E-state index in [1.165, 1.54) is 11.8 Å². The number of halogens is 1. The van der Waals surface area contributed by atoms with Gasteiger partial charge in [-0.05, 0) is 50.2 Å². The highest BCUT2D eigenvalue weighted by molar-refractivity contribution is 8.24. The molecule has 0 aromatic heterocycles. The third kappa shape index (κ3) is 3.81. The van der Waals surface area contributed by atoms with Crippen LogP contribution in [-0.4, -0.2) is 31.5 Å². The third-order valence-corrected chi connectivity index (χ3v) is 5.79. The SMILES string of the molecule is CC1(C)SC(=S)N(c2ccccc2)C1N(O)C(=O)Nc1ccc(Cl)cc1. The molecule has 136 valence electrons. The summed E-state index contributed by atoms with van der Waals surface area (Å²) in [5.41, 5.74) is 1.36. The van der Waals surface area contributed by atoms with E-state index in [9.17, 15) is 10.0 Å². The van der Waals surface area contributed by atoms with Gasteiger partial charge in [0.2, 0.25) is 0 Å². The van der Waals surface area contributed by atoms with Gasteiger partial charge in [0.25, 0.3) is 0 Å². The lowest BCUT2D eigenvalue weighted by atomic mass is 10.1. The Hall–Kier alpha value is -1.80. The van der Waals surface area contributed by atoms with Gasteiger partial charge in [0.15, 0.2) is 6.17 Å². The van der Waals surface area contributed by atoms with Gasteiger partial charge in [0.1, 0.15) is 4.32 Å². The largest absolute Gasteiger partial charge is 0.347 e. The fourth-order valence-electron chi connectivity index (χ4n) is 2.80. The molecule has 2 amide bonds. The van der Waals surface area contributed by atoms with E-state index in [1.54, 1.807) is 29.2 Å². The lowest BCUT2D eigenvalue weighted by Gasteiger charge is -2.36. The molecule has 1 saturated heterocycles. The molecule has 2 aromatic rings. The second-order valence-electron chi connectivity index (χ2n) is 6.33. The van der Waals surface area contributed by atoms with E-state index >= 15 is 0 Å². The maximum atomic E-state index is 12.6. The highest BCUT2D eigenvalue weighted by atomic mass is 35.5. The van der Waals surface area contributed by atoms with Crippen LogP contribution in [0.4, 0.5) is 16.2 Å². The van der Waals surface area contributed by atoms with E-state index < -0.39 is 16.9 Å².